The first-order valence-electron chi connectivity index (χ1n) is 6.53. The lowest BCUT2D eigenvalue weighted by Crippen LogP contribution is -2.03. The maximum atomic E-state index is 13.5. The van der Waals surface area contributed by atoms with Gasteiger partial charge in [0.1, 0.15) is 12.4 Å². The summed E-state index contributed by atoms with van der Waals surface area (Å²) in [4.78, 5) is 0. The van der Waals surface area contributed by atoms with Gasteiger partial charge < -0.3 is 9.47 Å². The minimum atomic E-state index is -0.313. The number of hydrogen-bond acceptors (Lipinski definition) is 2. The van der Waals surface area contributed by atoms with Gasteiger partial charge in [-0.1, -0.05) is 24.3 Å². The first-order valence-corrected chi connectivity index (χ1v) is 7.86. The molecule has 2 aromatic rings. The second-order valence-corrected chi connectivity index (χ2v) is 5.37. The second-order valence-electron chi connectivity index (χ2n) is 4.31. The number of ether oxygens (including phenoxy) is 2. The molecule has 0 unspecified atom stereocenters. The summed E-state index contributed by atoms with van der Waals surface area (Å²) >= 11 is 9.16. The molecule has 0 amide bonds. The van der Waals surface area contributed by atoms with Gasteiger partial charge in [0.05, 0.1) is 17.0 Å². The number of rotatable bonds is 6. The average molecular weight is 374 g/mol. The SMILES string of the molecule is CCOc1cccc(CCl)c1OCc1cccc(F)c1Br. The summed E-state index contributed by atoms with van der Waals surface area (Å²) < 4.78 is 25.3. The molecule has 2 aromatic carbocycles. The summed E-state index contributed by atoms with van der Waals surface area (Å²) in [6.45, 7) is 2.67. The highest BCUT2D eigenvalue weighted by molar-refractivity contribution is 9.10. The molecule has 112 valence electrons. The van der Waals surface area contributed by atoms with Crippen LogP contribution in [0.1, 0.15) is 18.1 Å². The smallest absolute Gasteiger partial charge is 0.166 e. The van der Waals surface area contributed by atoms with Crippen molar-refractivity contribution in [3.05, 3.63) is 57.8 Å². The molecular weight excluding hydrogens is 359 g/mol. The Morgan fingerprint density at radius 3 is 2.52 bits per heavy atom. The second kappa shape index (κ2) is 7.66. The predicted molar refractivity (Wildman–Crippen MR) is 85.6 cm³/mol. The number of alkyl halides is 1. The molecule has 0 radical (unpaired) electrons. The molecule has 2 rings (SSSR count). The van der Waals surface area contributed by atoms with Gasteiger partial charge in [0.25, 0.3) is 0 Å². The topological polar surface area (TPSA) is 18.5 Å². The zero-order valence-electron chi connectivity index (χ0n) is 11.5. The van der Waals surface area contributed by atoms with E-state index in [4.69, 9.17) is 21.1 Å². The van der Waals surface area contributed by atoms with E-state index in [2.05, 4.69) is 15.9 Å². The molecule has 0 aromatic heterocycles. The van der Waals surface area contributed by atoms with E-state index in [-0.39, 0.29) is 12.4 Å². The van der Waals surface area contributed by atoms with Crippen LogP contribution in [0.4, 0.5) is 4.39 Å². The third kappa shape index (κ3) is 3.89. The number of para-hydroxylation sites is 1. The Kier molecular flexibility index (Phi) is 5.88. The molecule has 2 nitrogen and oxygen atoms in total. The van der Waals surface area contributed by atoms with Crippen molar-refractivity contribution >= 4 is 27.5 Å². The summed E-state index contributed by atoms with van der Waals surface area (Å²) in [7, 11) is 0. The monoisotopic (exact) mass is 372 g/mol. The third-order valence-electron chi connectivity index (χ3n) is 2.91. The zero-order valence-corrected chi connectivity index (χ0v) is 13.9. The van der Waals surface area contributed by atoms with Crippen molar-refractivity contribution in [1.82, 2.24) is 0 Å². The highest BCUT2D eigenvalue weighted by Gasteiger charge is 2.12. The fourth-order valence-corrected chi connectivity index (χ4v) is 2.50. The van der Waals surface area contributed by atoms with Gasteiger partial charge in [0.2, 0.25) is 0 Å². The lowest BCUT2D eigenvalue weighted by Gasteiger charge is -2.15. The summed E-state index contributed by atoms with van der Waals surface area (Å²) in [6.07, 6.45) is 0. The molecule has 0 aliphatic carbocycles. The van der Waals surface area contributed by atoms with Crippen LogP contribution in [0.5, 0.6) is 11.5 Å². The molecule has 0 N–H and O–H groups in total. The molecule has 0 saturated heterocycles. The highest BCUT2D eigenvalue weighted by atomic mass is 79.9. The van der Waals surface area contributed by atoms with Crippen molar-refractivity contribution in [2.75, 3.05) is 6.61 Å². The molecule has 0 saturated carbocycles. The summed E-state index contributed by atoms with van der Waals surface area (Å²) in [5.41, 5.74) is 1.57. The van der Waals surface area contributed by atoms with Crippen LogP contribution in [-0.4, -0.2) is 6.61 Å². The Bertz CT molecular complexity index is 619. The predicted octanol–water partition coefficient (Wildman–Crippen LogP) is 5.30. The Morgan fingerprint density at radius 2 is 1.81 bits per heavy atom. The van der Waals surface area contributed by atoms with Gasteiger partial charge in [-0.3, -0.25) is 0 Å². The van der Waals surface area contributed by atoms with Crippen LogP contribution in [0, 0.1) is 5.82 Å². The lowest BCUT2D eigenvalue weighted by atomic mass is 10.2. The van der Waals surface area contributed by atoms with Crippen LogP contribution in [0.2, 0.25) is 0 Å². The quantitative estimate of drug-likeness (QED) is 0.639. The summed E-state index contributed by atoms with van der Waals surface area (Å²) in [6, 6.07) is 10.4. The van der Waals surface area contributed by atoms with Gasteiger partial charge in [-0.25, -0.2) is 4.39 Å². The molecule has 0 atom stereocenters. The molecule has 5 heteroatoms. The summed E-state index contributed by atoms with van der Waals surface area (Å²) in [5, 5.41) is 0. The number of benzene rings is 2. The van der Waals surface area contributed by atoms with Gasteiger partial charge >= 0.3 is 0 Å². The van der Waals surface area contributed by atoms with Crippen molar-refractivity contribution in [3.63, 3.8) is 0 Å². The Morgan fingerprint density at radius 1 is 1.10 bits per heavy atom. The number of hydrogen-bond donors (Lipinski definition) is 0. The molecular formula is C16H15BrClFO2. The van der Waals surface area contributed by atoms with Crippen molar-refractivity contribution < 1.29 is 13.9 Å². The standard InChI is InChI=1S/C16H15BrClFO2/c1-2-20-14-8-4-5-11(9-18)16(14)21-10-12-6-3-7-13(19)15(12)17/h3-8H,2,9-10H2,1H3. The van der Waals surface area contributed by atoms with Gasteiger partial charge in [-0.15, -0.1) is 11.6 Å². The average Bonchev–Trinajstić information content (AvgIpc) is 2.49. The van der Waals surface area contributed by atoms with E-state index in [1.807, 2.05) is 25.1 Å². The van der Waals surface area contributed by atoms with Gasteiger partial charge in [0, 0.05) is 11.1 Å². The minimum Gasteiger partial charge on any atom is -0.490 e. The fraction of sp³-hybridized carbons (Fsp3) is 0.250. The van der Waals surface area contributed by atoms with Crippen molar-refractivity contribution in [2.24, 2.45) is 0 Å². The van der Waals surface area contributed by atoms with Crippen LogP contribution in [-0.2, 0) is 12.5 Å². The molecule has 21 heavy (non-hydrogen) atoms. The van der Waals surface area contributed by atoms with E-state index in [9.17, 15) is 4.39 Å². The molecule has 0 aliphatic rings. The maximum Gasteiger partial charge on any atom is 0.166 e. The van der Waals surface area contributed by atoms with E-state index >= 15 is 0 Å². The van der Waals surface area contributed by atoms with E-state index in [1.165, 1.54) is 6.07 Å². The summed E-state index contributed by atoms with van der Waals surface area (Å²) in [5.74, 6) is 1.25. The van der Waals surface area contributed by atoms with Crippen molar-refractivity contribution in [1.29, 1.82) is 0 Å². The van der Waals surface area contributed by atoms with Crippen LogP contribution in [0.15, 0.2) is 40.9 Å². The molecule has 0 heterocycles. The minimum absolute atomic E-state index is 0.228. The first-order chi connectivity index (χ1) is 10.2. The molecule has 0 spiro atoms. The van der Waals surface area contributed by atoms with Gasteiger partial charge in [-0.05, 0) is 35.0 Å². The Balaban J connectivity index is 2.24. The van der Waals surface area contributed by atoms with Gasteiger partial charge in [0.15, 0.2) is 11.5 Å². The van der Waals surface area contributed by atoms with Crippen LogP contribution in [0.25, 0.3) is 0 Å². The normalized spacial score (nSPS) is 10.5. The largest absolute Gasteiger partial charge is 0.490 e. The van der Waals surface area contributed by atoms with Crippen molar-refractivity contribution in [3.8, 4) is 11.5 Å². The Hall–Kier alpha value is -1.26. The molecule has 0 bridgehead atoms. The molecule has 0 aliphatic heterocycles. The zero-order chi connectivity index (χ0) is 15.2. The van der Waals surface area contributed by atoms with Gasteiger partial charge in [-0.2, -0.15) is 0 Å². The lowest BCUT2D eigenvalue weighted by molar-refractivity contribution is 0.266. The number of halogens is 3. The van der Waals surface area contributed by atoms with Crippen LogP contribution < -0.4 is 9.47 Å². The maximum absolute atomic E-state index is 13.5. The van der Waals surface area contributed by atoms with Crippen LogP contribution >= 0.6 is 27.5 Å². The molecule has 0 fully saturated rings. The van der Waals surface area contributed by atoms with Crippen LogP contribution in [0.3, 0.4) is 0 Å². The van der Waals surface area contributed by atoms with E-state index < -0.39 is 0 Å². The van der Waals surface area contributed by atoms with Crippen molar-refractivity contribution in [2.45, 2.75) is 19.4 Å². The fourth-order valence-electron chi connectivity index (χ4n) is 1.91. The highest BCUT2D eigenvalue weighted by Crippen LogP contribution is 2.33. The Labute approximate surface area is 137 Å². The van der Waals surface area contributed by atoms with E-state index in [0.29, 0.717) is 28.5 Å². The van der Waals surface area contributed by atoms with E-state index in [0.717, 1.165) is 11.1 Å². The third-order valence-corrected chi connectivity index (χ3v) is 4.08. The first kappa shape index (κ1) is 16.1. The van der Waals surface area contributed by atoms with E-state index in [1.54, 1.807) is 12.1 Å².